The van der Waals surface area contributed by atoms with E-state index in [9.17, 15) is 9.50 Å². The van der Waals surface area contributed by atoms with Crippen molar-refractivity contribution in [3.63, 3.8) is 0 Å². The first-order valence-electron chi connectivity index (χ1n) is 3.94. The van der Waals surface area contributed by atoms with Gasteiger partial charge < -0.3 is 10.8 Å². The minimum Gasteiger partial charge on any atom is -0.508 e. The highest BCUT2D eigenvalue weighted by Gasteiger charge is 2.15. The molecule has 1 unspecified atom stereocenters. The van der Waals surface area contributed by atoms with E-state index in [0.29, 0.717) is 16.6 Å². The Hall–Kier alpha value is -0.610. The second-order valence-electron chi connectivity index (χ2n) is 2.93. The predicted molar refractivity (Wildman–Crippen MR) is 53.2 cm³/mol. The fourth-order valence-electron chi connectivity index (χ4n) is 1.14. The highest BCUT2D eigenvalue weighted by atomic mass is 79.9. The molecule has 0 aliphatic carbocycles. The fourth-order valence-corrected chi connectivity index (χ4v) is 1.87. The molecule has 0 saturated carbocycles. The van der Waals surface area contributed by atoms with Gasteiger partial charge in [0.15, 0.2) is 0 Å². The van der Waals surface area contributed by atoms with E-state index in [2.05, 4.69) is 15.9 Å². The van der Waals surface area contributed by atoms with E-state index in [1.54, 1.807) is 0 Å². The molecular weight excluding hydrogens is 237 g/mol. The lowest BCUT2D eigenvalue weighted by atomic mass is 10.0. The molecule has 1 atom stereocenters. The molecule has 0 radical (unpaired) electrons. The van der Waals surface area contributed by atoms with Crippen LogP contribution in [0.15, 0.2) is 16.6 Å². The van der Waals surface area contributed by atoms with Gasteiger partial charge in [-0.1, -0.05) is 6.92 Å². The number of aromatic hydroxyl groups is 1. The molecule has 0 fully saturated rings. The Morgan fingerprint density at radius 2 is 2.23 bits per heavy atom. The van der Waals surface area contributed by atoms with Gasteiger partial charge in [0.05, 0.1) is 4.47 Å². The van der Waals surface area contributed by atoms with E-state index >= 15 is 0 Å². The zero-order chi connectivity index (χ0) is 10.0. The Bertz CT molecular complexity index is 317. The number of phenols is 1. The maximum atomic E-state index is 13.1. The summed E-state index contributed by atoms with van der Waals surface area (Å²) in [5.41, 5.74) is 5.97. The molecule has 2 nitrogen and oxygen atoms in total. The molecular formula is C9H11BrFNO. The van der Waals surface area contributed by atoms with Crippen molar-refractivity contribution >= 4 is 15.9 Å². The SMILES string of the molecule is CC(CN)c1c(O)ccc(F)c1Br. The molecule has 1 aromatic rings. The molecule has 3 N–H and O–H groups in total. The maximum absolute atomic E-state index is 13.1. The smallest absolute Gasteiger partial charge is 0.137 e. The summed E-state index contributed by atoms with van der Waals surface area (Å²) in [5, 5.41) is 9.47. The minimum absolute atomic E-state index is 0.0647. The minimum atomic E-state index is -0.381. The van der Waals surface area contributed by atoms with Gasteiger partial charge in [-0.05, 0) is 40.5 Å². The fraction of sp³-hybridized carbons (Fsp3) is 0.333. The normalized spacial score (nSPS) is 12.9. The molecule has 0 aliphatic heterocycles. The standard InChI is InChI=1S/C9H11BrFNO/c1-5(4-12)8-7(13)3-2-6(11)9(8)10/h2-3,5,13H,4,12H2,1H3. The van der Waals surface area contributed by atoms with E-state index < -0.39 is 0 Å². The summed E-state index contributed by atoms with van der Waals surface area (Å²) in [6.45, 7) is 2.20. The van der Waals surface area contributed by atoms with Crippen LogP contribution >= 0.6 is 15.9 Å². The molecule has 0 aliphatic rings. The van der Waals surface area contributed by atoms with Gasteiger partial charge >= 0.3 is 0 Å². The number of halogens is 2. The molecule has 0 spiro atoms. The van der Waals surface area contributed by atoms with Gasteiger partial charge in [0.1, 0.15) is 11.6 Å². The van der Waals surface area contributed by atoms with Crippen LogP contribution in [0.5, 0.6) is 5.75 Å². The maximum Gasteiger partial charge on any atom is 0.137 e. The van der Waals surface area contributed by atoms with Crippen molar-refractivity contribution in [3.05, 3.63) is 28.0 Å². The van der Waals surface area contributed by atoms with Gasteiger partial charge in [-0.15, -0.1) is 0 Å². The Balaban J connectivity index is 3.25. The third kappa shape index (κ3) is 2.00. The zero-order valence-corrected chi connectivity index (χ0v) is 8.81. The Morgan fingerprint density at radius 1 is 1.62 bits per heavy atom. The molecule has 1 rings (SSSR count). The van der Waals surface area contributed by atoms with Gasteiger partial charge in [-0.2, -0.15) is 0 Å². The Kier molecular flexibility index (Phi) is 3.27. The summed E-state index contributed by atoms with van der Waals surface area (Å²) in [7, 11) is 0. The third-order valence-electron chi connectivity index (χ3n) is 1.96. The third-order valence-corrected chi connectivity index (χ3v) is 2.76. The highest BCUT2D eigenvalue weighted by Crippen LogP contribution is 2.33. The summed E-state index contributed by atoms with van der Waals surface area (Å²) in [6, 6.07) is 2.55. The van der Waals surface area contributed by atoms with Crippen molar-refractivity contribution in [2.45, 2.75) is 12.8 Å². The Labute approximate surface area is 84.7 Å². The molecule has 0 amide bonds. The van der Waals surface area contributed by atoms with E-state index in [4.69, 9.17) is 5.73 Å². The van der Waals surface area contributed by atoms with Crippen molar-refractivity contribution in [2.75, 3.05) is 6.54 Å². The second kappa shape index (κ2) is 4.07. The second-order valence-corrected chi connectivity index (χ2v) is 3.72. The first-order valence-corrected chi connectivity index (χ1v) is 4.74. The molecule has 0 heterocycles. The van der Waals surface area contributed by atoms with Crippen LogP contribution in [-0.4, -0.2) is 11.7 Å². The van der Waals surface area contributed by atoms with Crippen LogP contribution in [0.2, 0.25) is 0 Å². The number of hydrogen-bond donors (Lipinski definition) is 2. The lowest BCUT2D eigenvalue weighted by Crippen LogP contribution is -2.10. The van der Waals surface area contributed by atoms with E-state index in [1.807, 2.05) is 6.92 Å². The van der Waals surface area contributed by atoms with Gasteiger partial charge in [0, 0.05) is 5.56 Å². The molecule has 13 heavy (non-hydrogen) atoms. The lowest BCUT2D eigenvalue weighted by Gasteiger charge is -2.13. The number of phenolic OH excluding ortho intramolecular Hbond substituents is 1. The van der Waals surface area contributed by atoms with Crippen LogP contribution in [0.1, 0.15) is 18.4 Å². The highest BCUT2D eigenvalue weighted by molar-refractivity contribution is 9.10. The van der Waals surface area contributed by atoms with Crippen molar-refractivity contribution in [3.8, 4) is 5.75 Å². The number of nitrogens with two attached hydrogens (primary N) is 1. The summed E-state index contributed by atoms with van der Waals surface area (Å²) in [4.78, 5) is 0. The summed E-state index contributed by atoms with van der Waals surface area (Å²) in [5.74, 6) is -0.371. The molecule has 0 saturated heterocycles. The van der Waals surface area contributed by atoms with Crippen molar-refractivity contribution in [1.29, 1.82) is 0 Å². The molecule has 0 bridgehead atoms. The molecule has 72 valence electrons. The largest absolute Gasteiger partial charge is 0.508 e. The van der Waals surface area contributed by atoms with E-state index in [-0.39, 0.29) is 17.5 Å². The average molecular weight is 248 g/mol. The van der Waals surface area contributed by atoms with Gasteiger partial charge in [-0.3, -0.25) is 0 Å². The van der Waals surface area contributed by atoms with Crippen LogP contribution in [0.25, 0.3) is 0 Å². The molecule has 4 heteroatoms. The molecule has 1 aromatic carbocycles. The average Bonchev–Trinajstić information content (AvgIpc) is 2.12. The lowest BCUT2D eigenvalue weighted by molar-refractivity contribution is 0.459. The topological polar surface area (TPSA) is 46.2 Å². The van der Waals surface area contributed by atoms with Crippen molar-refractivity contribution in [2.24, 2.45) is 5.73 Å². The van der Waals surface area contributed by atoms with Crippen LogP contribution < -0.4 is 5.73 Å². The van der Waals surface area contributed by atoms with Crippen LogP contribution in [0, 0.1) is 5.82 Å². The molecule has 0 aromatic heterocycles. The number of rotatable bonds is 2. The zero-order valence-electron chi connectivity index (χ0n) is 7.22. The van der Waals surface area contributed by atoms with Crippen LogP contribution in [0.4, 0.5) is 4.39 Å². The predicted octanol–water partition coefficient (Wildman–Crippen LogP) is 2.36. The van der Waals surface area contributed by atoms with Gasteiger partial charge in [0.25, 0.3) is 0 Å². The summed E-state index contributed by atoms with van der Waals surface area (Å²) in [6.07, 6.45) is 0. The number of benzene rings is 1. The number of hydrogen-bond acceptors (Lipinski definition) is 2. The van der Waals surface area contributed by atoms with Crippen LogP contribution in [-0.2, 0) is 0 Å². The van der Waals surface area contributed by atoms with Crippen molar-refractivity contribution in [1.82, 2.24) is 0 Å². The summed E-state index contributed by atoms with van der Waals surface area (Å²) < 4.78 is 13.4. The first kappa shape index (κ1) is 10.5. The van der Waals surface area contributed by atoms with Crippen molar-refractivity contribution < 1.29 is 9.50 Å². The summed E-state index contributed by atoms with van der Waals surface area (Å²) >= 11 is 3.08. The van der Waals surface area contributed by atoms with Gasteiger partial charge in [0.2, 0.25) is 0 Å². The van der Waals surface area contributed by atoms with Crippen LogP contribution in [0.3, 0.4) is 0 Å². The first-order chi connectivity index (χ1) is 6.07. The Morgan fingerprint density at radius 3 is 2.77 bits per heavy atom. The van der Waals surface area contributed by atoms with Gasteiger partial charge in [-0.25, -0.2) is 4.39 Å². The van der Waals surface area contributed by atoms with E-state index in [1.165, 1.54) is 12.1 Å². The van der Waals surface area contributed by atoms with E-state index in [0.717, 1.165) is 0 Å². The monoisotopic (exact) mass is 247 g/mol. The quantitative estimate of drug-likeness (QED) is 0.843.